The molecule has 0 atom stereocenters. The molecule has 2 rings (SSSR count). The SMILES string of the molecule is COC(=O)N1CCN(C(=O)c2ccc(S(=O)(=O)N(C)C)cc2)CC1. The first-order valence-electron chi connectivity index (χ1n) is 7.42. The van der Waals surface area contributed by atoms with E-state index in [2.05, 4.69) is 4.74 Å². The maximum Gasteiger partial charge on any atom is 0.409 e. The molecular weight excluding hydrogens is 334 g/mol. The molecule has 1 aromatic carbocycles. The molecule has 1 saturated heterocycles. The fourth-order valence-electron chi connectivity index (χ4n) is 2.38. The Morgan fingerprint density at radius 3 is 1.96 bits per heavy atom. The molecule has 0 aliphatic carbocycles. The Morgan fingerprint density at radius 1 is 1.00 bits per heavy atom. The van der Waals surface area contributed by atoms with E-state index < -0.39 is 16.1 Å². The highest BCUT2D eigenvalue weighted by Crippen LogP contribution is 2.16. The molecule has 8 nitrogen and oxygen atoms in total. The third-order valence-corrected chi connectivity index (χ3v) is 5.71. The highest BCUT2D eigenvalue weighted by Gasteiger charge is 2.25. The number of amides is 2. The number of benzene rings is 1. The molecule has 0 bridgehead atoms. The quantitative estimate of drug-likeness (QED) is 0.786. The van der Waals surface area contributed by atoms with Crippen LogP contribution in [0.2, 0.25) is 0 Å². The van der Waals surface area contributed by atoms with Gasteiger partial charge < -0.3 is 14.5 Å². The highest BCUT2D eigenvalue weighted by molar-refractivity contribution is 7.89. The van der Waals surface area contributed by atoms with E-state index in [1.165, 1.54) is 50.4 Å². The Kier molecular flexibility index (Phi) is 5.45. The van der Waals surface area contributed by atoms with E-state index in [4.69, 9.17) is 0 Å². The summed E-state index contributed by atoms with van der Waals surface area (Å²) < 4.78 is 29.8. The average molecular weight is 355 g/mol. The molecule has 0 saturated carbocycles. The fraction of sp³-hybridized carbons (Fsp3) is 0.467. The van der Waals surface area contributed by atoms with Gasteiger partial charge in [-0.2, -0.15) is 0 Å². The van der Waals surface area contributed by atoms with Crippen molar-refractivity contribution < 1.29 is 22.7 Å². The summed E-state index contributed by atoms with van der Waals surface area (Å²) in [5.74, 6) is -0.187. The van der Waals surface area contributed by atoms with Crippen LogP contribution in [0.1, 0.15) is 10.4 Å². The van der Waals surface area contributed by atoms with Crippen LogP contribution in [-0.2, 0) is 14.8 Å². The predicted octanol–water partition coefficient (Wildman–Crippen LogP) is 0.461. The molecule has 1 heterocycles. The van der Waals surface area contributed by atoms with Crippen molar-refractivity contribution in [3.8, 4) is 0 Å². The maximum absolute atomic E-state index is 12.5. The summed E-state index contributed by atoms with van der Waals surface area (Å²) in [6.07, 6.45) is -0.402. The van der Waals surface area contributed by atoms with Crippen LogP contribution in [0, 0.1) is 0 Å². The van der Waals surface area contributed by atoms with Crippen LogP contribution in [0.15, 0.2) is 29.2 Å². The number of carbonyl (C=O) groups is 2. The van der Waals surface area contributed by atoms with Gasteiger partial charge in [0.1, 0.15) is 0 Å². The molecule has 0 radical (unpaired) electrons. The summed E-state index contributed by atoms with van der Waals surface area (Å²) >= 11 is 0. The standard InChI is InChI=1S/C15H21N3O5S/c1-16(2)24(21,22)13-6-4-12(5-7-13)14(19)17-8-10-18(11-9-17)15(20)23-3/h4-7H,8-11H2,1-3H3. The van der Waals surface area contributed by atoms with E-state index in [1.54, 1.807) is 4.90 Å². The number of ether oxygens (including phenoxy) is 1. The van der Waals surface area contributed by atoms with Crippen LogP contribution in [0.5, 0.6) is 0 Å². The van der Waals surface area contributed by atoms with Gasteiger partial charge in [0.15, 0.2) is 0 Å². The minimum atomic E-state index is -3.51. The van der Waals surface area contributed by atoms with E-state index in [-0.39, 0.29) is 10.8 Å². The van der Waals surface area contributed by atoms with Crippen LogP contribution in [0.25, 0.3) is 0 Å². The number of methoxy groups -OCH3 is 1. The first kappa shape index (κ1) is 18.2. The molecule has 1 aromatic rings. The molecule has 2 amide bonds. The zero-order chi connectivity index (χ0) is 17.9. The molecule has 0 N–H and O–H groups in total. The predicted molar refractivity (Wildman–Crippen MR) is 87.2 cm³/mol. The van der Waals surface area contributed by atoms with Gasteiger partial charge in [0.25, 0.3) is 5.91 Å². The lowest BCUT2D eigenvalue weighted by Gasteiger charge is -2.33. The Morgan fingerprint density at radius 2 is 1.50 bits per heavy atom. The van der Waals surface area contributed by atoms with Gasteiger partial charge in [-0.1, -0.05) is 0 Å². The van der Waals surface area contributed by atoms with Gasteiger partial charge in [-0.05, 0) is 24.3 Å². The van der Waals surface area contributed by atoms with Crippen molar-refractivity contribution >= 4 is 22.0 Å². The zero-order valence-corrected chi connectivity index (χ0v) is 14.7. The Labute approximate surface area is 141 Å². The number of hydrogen-bond donors (Lipinski definition) is 0. The van der Waals surface area contributed by atoms with Crippen LogP contribution < -0.4 is 0 Å². The lowest BCUT2D eigenvalue weighted by atomic mass is 10.2. The summed E-state index contributed by atoms with van der Waals surface area (Å²) in [4.78, 5) is 27.2. The fourth-order valence-corrected chi connectivity index (χ4v) is 3.29. The number of carbonyl (C=O) groups excluding carboxylic acids is 2. The van der Waals surface area contributed by atoms with E-state index in [0.717, 1.165) is 4.31 Å². The molecule has 1 fully saturated rings. The highest BCUT2D eigenvalue weighted by atomic mass is 32.2. The number of piperazine rings is 1. The van der Waals surface area contributed by atoms with Crippen molar-refractivity contribution in [1.82, 2.24) is 14.1 Å². The molecule has 1 aliphatic heterocycles. The minimum Gasteiger partial charge on any atom is -0.453 e. The van der Waals surface area contributed by atoms with Gasteiger partial charge >= 0.3 is 6.09 Å². The summed E-state index contributed by atoms with van der Waals surface area (Å²) in [6, 6.07) is 5.86. The largest absolute Gasteiger partial charge is 0.453 e. The molecule has 0 aromatic heterocycles. The van der Waals surface area contributed by atoms with Crippen LogP contribution in [0.3, 0.4) is 0 Å². The van der Waals surface area contributed by atoms with E-state index >= 15 is 0 Å². The van der Waals surface area contributed by atoms with Crippen LogP contribution >= 0.6 is 0 Å². The number of rotatable bonds is 3. The van der Waals surface area contributed by atoms with Gasteiger partial charge in [-0.25, -0.2) is 17.5 Å². The van der Waals surface area contributed by atoms with Crippen molar-refractivity contribution in [1.29, 1.82) is 0 Å². The second-order valence-corrected chi connectivity index (χ2v) is 7.71. The van der Waals surface area contributed by atoms with Crippen LogP contribution in [-0.4, -0.2) is 81.9 Å². The number of nitrogens with zero attached hydrogens (tertiary/aromatic N) is 3. The summed E-state index contributed by atoms with van der Waals surface area (Å²) in [6.45, 7) is 1.63. The van der Waals surface area contributed by atoms with Gasteiger partial charge in [0.05, 0.1) is 12.0 Å². The summed E-state index contributed by atoms with van der Waals surface area (Å²) in [5, 5.41) is 0. The van der Waals surface area contributed by atoms with Crippen molar-refractivity contribution in [3.05, 3.63) is 29.8 Å². The zero-order valence-electron chi connectivity index (χ0n) is 13.9. The van der Waals surface area contributed by atoms with Crippen molar-refractivity contribution in [2.24, 2.45) is 0 Å². The third kappa shape index (κ3) is 3.68. The van der Waals surface area contributed by atoms with Crippen LogP contribution in [0.4, 0.5) is 4.79 Å². The normalized spacial score (nSPS) is 15.5. The van der Waals surface area contributed by atoms with Crippen molar-refractivity contribution in [3.63, 3.8) is 0 Å². The van der Waals surface area contributed by atoms with Crippen molar-refractivity contribution in [2.75, 3.05) is 47.4 Å². The first-order valence-corrected chi connectivity index (χ1v) is 8.86. The second-order valence-electron chi connectivity index (χ2n) is 5.56. The van der Waals surface area contributed by atoms with Crippen molar-refractivity contribution in [2.45, 2.75) is 4.90 Å². The van der Waals surface area contributed by atoms with Gasteiger partial charge in [-0.3, -0.25) is 4.79 Å². The molecular formula is C15H21N3O5S. The Hall–Kier alpha value is -2.13. The number of hydrogen-bond acceptors (Lipinski definition) is 5. The maximum atomic E-state index is 12.5. The van der Waals surface area contributed by atoms with E-state index in [9.17, 15) is 18.0 Å². The Bertz CT molecular complexity index is 707. The monoisotopic (exact) mass is 355 g/mol. The van der Waals surface area contributed by atoms with E-state index in [0.29, 0.717) is 31.7 Å². The molecule has 132 valence electrons. The number of sulfonamides is 1. The summed E-state index contributed by atoms with van der Waals surface area (Å²) in [5.41, 5.74) is 0.416. The molecule has 1 aliphatic rings. The third-order valence-electron chi connectivity index (χ3n) is 3.88. The minimum absolute atomic E-state index is 0.138. The van der Waals surface area contributed by atoms with E-state index in [1.807, 2.05) is 0 Å². The topological polar surface area (TPSA) is 87.2 Å². The molecule has 0 unspecified atom stereocenters. The lowest BCUT2D eigenvalue weighted by molar-refractivity contribution is 0.0599. The first-order chi connectivity index (χ1) is 11.3. The second kappa shape index (κ2) is 7.18. The molecule has 9 heteroatoms. The summed E-state index contributed by atoms with van der Waals surface area (Å²) in [7, 11) is 0.716. The smallest absolute Gasteiger partial charge is 0.409 e. The Balaban J connectivity index is 2.05. The molecule has 0 spiro atoms. The van der Waals surface area contributed by atoms with Gasteiger partial charge in [0.2, 0.25) is 10.0 Å². The average Bonchev–Trinajstić information content (AvgIpc) is 2.60. The van der Waals surface area contributed by atoms with Gasteiger partial charge in [-0.15, -0.1) is 0 Å². The lowest BCUT2D eigenvalue weighted by Crippen LogP contribution is -2.50. The molecule has 24 heavy (non-hydrogen) atoms. The van der Waals surface area contributed by atoms with Gasteiger partial charge in [0, 0.05) is 45.8 Å².